The van der Waals surface area contributed by atoms with Crippen LogP contribution in [0.4, 0.5) is 10.1 Å². The lowest BCUT2D eigenvalue weighted by atomic mass is 9.77. The number of benzene rings is 3. The molecule has 0 fully saturated rings. The molecule has 7 nitrogen and oxygen atoms in total. The Hall–Kier alpha value is -3.98. The van der Waals surface area contributed by atoms with E-state index in [1.54, 1.807) is 38.6 Å². The largest absolute Gasteiger partial charge is 0.493 e. The Morgan fingerprint density at radius 2 is 1.77 bits per heavy atom. The molecule has 0 atom stereocenters. The minimum atomic E-state index is -0.630. The summed E-state index contributed by atoms with van der Waals surface area (Å²) in [6.07, 6.45) is 1.75. The van der Waals surface area contributed by atoms with E-state index in [0.717, 1.165) is 33.4 Å². The zero-order chi connectivity index (χ0) is 28.0. The van der Waals surface area contributed by atoms with E-state index < -0.39 is 5.41 Å². The van der Waals surface area contributed by atoms with E-state index in [-0.39, 0.29) is 11.7 Å². The van der Waals surface area contributed by atoms with Crippen molar-refractivity contribution in [1.82, 2.24) is 9.97 Å². The second-order valence-corrected chi connectivity index (χ2v) is 10.5. The summed E-state index contributed by atoms with van der Waals surface area (Å²) < 4.78 is 31.7. The van der Waals surface area contributed by atoms with Crippen molar-refractivity contribution < 1.29 is 23.4 Å². The zero-order valence-electron chi connectivity index (χ0n) is 22.6. The number of aromatic nitrogens is 2. The van der Waals surface area contributed by atoms with Gasteiger partial charge in [0.05, 0.1) is 32.7 Å². The van der Waals surface area contributed by atoms with E-state index in [1.807, 2.05) is 50.2 Å². The number of amides is 1. The molecule has 0 aliphatic heterocycles. The zero-order valence-corrected chi connectivity index (χ0v) is 23.4. The molecule has 4 rings (SSSR count). The topological polar surface area (TPSA) is 85.5 Å². The first-order valence-electron chi connectivity index (χ1n) is 12.4. The van der Waals surface area contributed by atoms with E-state index >= 15 is 4.39 Å². The van der Waals surface area contributed by atoms with Crippen molar-refractivity contribution in [2.45, 2.75) is 31.3 Å². The van der Waals surface area contributed by atoms with Crippen LogP contribution in [0.3, 0.4) is 0 Å². The molecule has 1 heterocycles. The van der Waals surface area contributed by atoms with Crippen molar-refractivity contribution in [1.29, 1.82) is 0 Å². The maximum absolute atomic E-state index is 15.1. The van der Waals surface area contributed by atoms with Gasteiger partial charge in [0.1, 0.15) is 11.6 Å². The van der Waals surface area contributed by atoms with E-state index in [0.29, 0.717) is 29.4 Å². The number of thioether (sulfide) groups is 1. The number of carbonyl (C=O) groups is 1. The number of halogens is 1. The van der Waals surface area contributed by atoms with Crippen LogP contribution in [0.5, 0.6) is 17.2 Å². The van der Waals surface area contributed by atoms with Gasteiger partial charge in [-0.2, -0.15) is 0 Å². The Kier molecular flexibility index (Phi) is 8.81. The highest BCUT2D eigenvalue weighted by atomic mass is 32.2. The van der Waals surface area contributed by atoms with Gasteiger partial charge in [-0.25, -0.2) is 9.37 Å². The molecule has 1 amide bonds. The lowest BCUT2D eigenvalue weighted by molar-refractivity contribution is -0.114. The number of ether oxygens (including phenoxy) is 3. The fourth-order valence-electron chi connectivity index (χ4n) is 4.21. The summed E-state index contributed by atoms with van der Waals surface area (Å²) in [6.45, 7) is 5.92. The lowest BCUT2D eigenvalue weighted by Gasteiger charge is -2.28. The molecule has 2 N–H and O–H groups in total. The monoisotopic (exact) mass is 549 g/mol. The van der Waals surface area contributed by atoms with Crippen LogP contribution in [-0.2, 0) is 10.2 Å². The standard InChI is InChI=1S/C30H32FN3O4S/c1-19(35)33-22-8-10-23(11-9-22)38-14-15-39-29-32-18-26(34-29)20-6-12-25(31)24(16-20)30(2,3)21-7-13-27(36-4)28(17-21)37-5/h6-13,16-18H,14-15H2,1-5H3,(H,32,34)(H,33,35). The second-order valence-electron chi connectivity index (χ2n) is 9.39. The first-order valence-corrected chi connectivity index (χ1v) is 13.4. The van der Waals surface area contributed by atoms with Gasteiger partial charge >= 0.3 is 0 Å². The molecule has 0 saturated carbocycles. The average molecular weight is 550 g/mol. The summed E-state index contributed by atoms with van der Waals surface area (Å²) in [6, 6.07) is 18.0. The number of imidazole rings is 1. The molecule has 3 aromatic carbocycles. The highest BCUT2D eigenvalue weighted by Crippen LogP contribution is 2.39. The first-order chi connectivity index (χ1) is 18.7. The molecular formula is C30H32FN3O4S. The minimum absolute atomic E-state index is 0.114. The number of hydrogen-bond acceptors (Lipinski definition) is 6. The van der Waals surface area contributed by atoms with Gasteiger partial charge < -0.3 is 24.5 Å². The van der Waals surface area contributed by atoms with Crippen LogP contribution in [0.1, 0.15) is 31.9 Å². The third-order valence-electron chi connectivity index (χ3n) is 6.37. The highest BCUT2D eigenvalue weighted by molar-refractivity contribution is 7.99. The Balaban J connectivity index is 1.42. The van der Waals surface area contributed by atoms with Gasteiger partial charge in [-0.05, 0) is 65.7 Å². The fraction of sp³-hybridized carbons (Fsp3) is 0.267. The smallest absolute Gasteiger partial charge is 0.221 e. The molecule has 4 aromatic rings. The summed E-state index contributed by atoms with van der Waals surface area (Å²) >= 11 is 1.54. The number of methoxy groups -OCH3 is 2. The van der Waals surface area contributed by atoms with Gasteiger partial charge in [0, 0.05) is 29.3 Å². The molecule has 0 spiro atoms. The molecule has 0 aliphatic carbocycles. The number of anilines is 1. The molecular weight excluding hydrogens is 517 g/mol. The molecule has 0 saturated heterocycles. The van der Waals surface area contributed by atoms with Crippen molar-refractivity contribution in [3.8, 4) is 28.5 Å². The number of nitrogens with zero attached hydrogens (tertiary/aromatic N) is 1. The lowest BCUT2D eigenvalue weighted by Crippen LogP contribution is -2.21. The Bertz CT molecular complexity index is 1440. The molecule has 204 valence electrons. The van der Waals surface area contributed by atoms with Crippen LogP contribution in [0.15, 0.2) is 72.0 Å². The number of nitrogens with one attached hydrogen (secondary N) is 2. The second kappa shape index (κ2) is 12.3. The van der Waals surface area contributed by atoms with Crippen LogP contribution in [0.2, 0.25) is 0 Å². The predicted molar refractivity (Wildman–Crippen MR) is 153 cm³/mol. The van der Waals surface area contributed by atoms with Gasteiger partial charge in [-0.1, -0.05) is 31.7 Å². The summed E-state index contributed by atoms with van der Waals surface area (Å²) in [5.41, 5.74) is 3.21. The highest BCUT2D eigenvalue weighted by Gasteiger charge is 2.28. The fourth-order valence-corrected chi connectivity index (χ4v) is 4.88. The van der Waals surface area contributed by atoms with Crippen LogP contribution >= 0.6 is 11.8 Å². The van der Waals surface area contributed by atoms with Gasteiger partial charge in [-0.3, -0.25) is 4.79 Å². The molecule has 1 aromatic heterocycles. The van der Waals surface area contributed by atoms with E-state index in [9.17, 15) is 4.79 Å². The van der Waals surface area contributed by atoms with Crippen molar-refractivity contribution in [2.75, 3.05) is 31.9 Å². The van der Waals surface area contributed by atoms with E-state index in [1.165, 1.54) is 24.8 Å². The van der Waals surface area contributed by atoms with Crippen LogP contribution < -0.4 is 19.5 Å². The van der Waals surface area contributed by atoms with Crippen molar-refractivity contribution in [3.63, 3.8) is 0 Å². The quantitative estimate of drug-likeness (QED) is 0.160. The van der Waals surface area contributed by atoms with E-state index in [4.69, 9.17) is 14.2 Å². The van der Waals surface area contributed by atoms with Crippen molar-refractivity contribution >= 4 is 23.4 Å². The predicted octanol–water partition coefficient (Wildman–Crippen LogP) is 6.69. The van der Waals surface area contributed by atoms with Crippen molar-refractivity contribution in [3.05, 3.63) is 83.8 Å². The SMILES string of the molecule is COc1ccc(C(C)(C)c2cc(-c3cnc(SCCOc4ccc(NC(C)=O)cc4)[nH]3)ccc2F)cc1OC. The third kappa shape index (κ3) is 6.72. The van der Waals surface area contributed by atoms with Gasteiger partial charge in [0.25, 0.3) is 0 Å². The van der Waals surface area contributed by atoms with Crippen molar-refractivity contribution in [2.24, 2.45) is 0 Å². The number of H-pyrrole nitrogens is 1. The molecule has 0 bridgehead atoms. The van der Waals surface area contributed by atoms with Gasteiger partial charge in [-0.15, -0.1) is 0 Å². The summed E-state index contributed by atoms with van der Waals surface area (Å²) in [7, 11) is 3.17. The number of rotatable bonds is 11. The third-order valence-corrected chi connectivity index (χ3v) is 7.23. The number of hydrogen-bond donors (Lipinski definition) is 2. The summed E-state index contributed by atoms with van der Waals surface area (Å²) in [4.78, 5) is 18.9. The Labute approximate surface area is 232 Å². The summed E-state index contributed by atoms with van der Waals surface area (Å²) in [5.74, 6) is 2.23. The molecule has 9 heteroatoms. The average Bonchev–Trinajstić information content (AvgIpc) is 3.40. The van der Waals surface area contributed by atoms with E-state index in [2.05, 4.69) is 15.3 Å². The van der Waals surface area contributed by atoms with Crippen LogP contribution in [-0.4, -0.2) is 42.5 Å². The van der Waals surface area contributed by atoms with Crippen LogP contribution in [0, 0.1) is 5.82 Å². The maximum atomic E-state index is 15.1. The Morgan fingerprint density at radius 1 is 1.03 bits per heavy atom. The van der Waals surface area contributed by atoms with Gasteiger partial charge in [0.2, 0.25) is 5.91 Å². The molecule has 39 heavy (non-hydrogen) atoms. The minimum Gasteiger partial charge on any atom is -0.493 e. The molecule has 0 radical (unpaired) electrons. The molecule has 0 aliphatic rings. The maximum Gasteiger partial charge on any atom is 0.221 e. The summed E-state index contributed by atoms with van der Waals surface area (Å²) in [5, 5.41) is 3.48. The Morgan fingerprint density at radius 3 is 2.46 bits per heavy atom. The number of aromatic amines is 1. The van der Waals surface area contributed by atoms with Gasteiger partial charge in [0.15, 0.2) is 16.7 Å². The van der Waals surface area contributed by atoms with Crippen LogP contribution in [0.25, 0.3) is 11.3 Å². The number of carbonyl (C=O) groups excluding carboxylic acids is 1. The normalized spacial score (nSPS) is 11.2. The molecule has 0 unspecified atom stereocenters. The first kappa shape index (κ1) is 28.0.